The molecule has 0 radical (unpaired) electrons. The molecule has 0 heterocycles. The number of rotatable bonds is 5. The highest BCUT2D eigenvalue weighted by molar-refractivity contribution is 14.0. The zero-order chi connectivity index (χ0) is 11.4. The molecule has 2 aliphatic rings. The van der Waals surface area contributed by atoms with Crippen LogP contribution in [0.1, 0.15) is 52.4 Å². The lowest BCUT2D eigenvalue weighted by atomic mass is 9.67. The third kappa shape index (κ3) is 4.30. The molecule has 0 atom stereocenters. The minimum absolute atomic E-state index is 0. The van der Waals surface area contributed by atoms with E-state index in [2.05, 4.69) is 24.5 Å². The summed E-state index contributed by atoms with van der Waals surface area (Å²) in [5.74, 6) is 1.03. The van der Waals surface area contributed by atoms with Crippen LogP contribution < -0.4 is 10.6 Å². The molecule has 0 aromatic rings. The van der Waals surface area contributed by atoms with Gasteiger partial charge in [-0.3, -0.25) is 4.99 Å². The molecular weight excluding hydrogens is 325 g/mol. The highest BCUT2D eigenvalue weighted by Gasteiger charge is 2.35. The van der Waals surface area contributed by atoms with E-state index in [4.69, 9.17) is 4.99 Å². The van der Waals surface area contributed by atoms with E-state index in [-0.39, 0.29) is 24.0 Å². The summed E-state index contributed by atoms with van der Waals surface area (Å²) in [5, 5.41) is 6.81. The van der Waals surface area contributed by atoms with E-state index >= 15 is 0 Å². The highest BCUT2D eigenvalue weighted by Crippen LogP contribution is 2.43. The molecule has 2 fully saturated rings. The zero-order valence-corrected chi connectivity index (χ0v) is 13.4. The Balaban J connectivity index is 0.00000144. The number of hydrogen-bond donors (Lipinski definition) is 2. The lowest BCUT2D eigenvalue weighted by Gasteiger charge is -2.40. The summed E-state index contributed by atoms with van der Waals surface area (Å²) < 4.78 is 0. The molecule has 0 unspecified atom stereocenters. The largest absolute Gasteiger partial charge is 0.357 e. The van der Waals surface area contributed by atoms with Gasteiger partial charge >= 0.3 is 0 Å². The number of nitrogens with one attached hydrogen (secondary N) is 2. The van der Waals surface area contributed by atoms with Crippen molar-refractivity contribution in [2.75, 3.05) is 13.1 Å². The van der Waals surface area contributed by atoms with E-state index in [9.17, 15) is 0 Å². The van der Waals surface area contributed by atoms with Gasteiger partial charge in [0.05, 0.1) is 0 Å². The number of hydrogen-bond acceptors (Lipinski definition) is 1. The van der Waals surface area contributed by atoms with Gasteiger partial charge in [0.2, 0.25) is 0 Å². The minimum Gasteiger partial charge on any atom is -0.357 e. The topological polar surface area (TPSA) is 36.4 Å². The van der Waals surface area contributed by atoms with Crippen LogP contribution in [0.2, 0.25) is 0 Å². The van der Waals surface area contributed by atoms with Crippen LogP contribution in [0.5, 0.6) is 0 Å². The molecule has 2 saturated carbocycles. The van der Waals surface area contributed by atoms with Gasteiger partial charge in [0.1, 0.15) is 0 Å². The molecular formula is C13H26IN3. The smallest absolute Gasteiger partial charge is 0.191 e. The average molecular weight is 351 g/mol. The van der Waals surface area contributed by atoms with E-state index in [1.807, 2.05) is 0 Å². The van der Waals surface area contributed by atoms with Gasteiger partial charge in [0.25, 0.3) is 0 Å². The van der Waals surface area contributed by atoms with Crippen LogP contribution in [0.25, 0.3) is 0 Å². The maximum absolute atomic E-state index is 4.75. The first-order valence-electron chi connectivity index (χ1n) is 6.83. The molecule has 2 aliphatic carbocycles. The number of aliphatic imine (C=N–C) groups is 1. The summed E-state index contributed by atoms with van der Waals surface area (Å²) in [6, 6.07) is 0.691. The van der Waals surface area contributed by atoms with Gasteiger partial charge in [-0.05, 0) is 44.4 Å². The molecule has 0 aliphatic heterocycles. The second kappa shape index (κ2) is 6.81. The Labute approximate surface area is 122 Å². The first kappa shape index (κ1) is 15.1. The van der Waals surface area contributed by atoms with Gasteiger partial charge in [-0.2, -0.15) is 0 Å². The number of nitrogens with zero attached hydrogens (tertiary/aromatic N) is 1. The Bertz CT molecular complexity index is 252. The third-order valence-electron chi connectivity index (χ3n) is 4.00. The van der Waals surface area contributed by atoms with Crippen molar-refractivity contribution in [2.45, 2.75) is 58.4 Å². The SMILES string of the molecule is CCNC(=NCC1(CC)CCC1)NC1CC1.I. The second-order valence-electron chi connectivity index (χ2n) is 5.32. The van der Waals surface area contributed by atoms with Crippen molar-refractivity contribution in [3.8, 4) is 0 Å². The monoisotopic (exact) mass is 351 g/mol. The summed E-state index contributed by atoms with van der Waals surface area (Å²) in [6.45, 7) is 6.39. The predicted molar refractivity (Wildman–Crippen MR) is 84.1 cm³/mol. The van der Waals surface area contributed by atoms with Gasteiger partial charge in [0.15, 0.2) is 5.96 Å². The average Bonchev–Trinajstić information content (AvgIpc) is 3.01. The fourth-order valence-electron chi connectivity index (χ4n) is 2.29. The molecule has 100 valence electrons. The summed E-state index contributed by atoms with van der Waals surface area (Å²) in [7, 11) is 0. The van der Waals surface area contributed by atoms with Crippen LogP contribution in [0, 0.1) is 5.41 Å². The van der Waals surface area contributed by atoms with Crippen molar-refractivity contribution in [3.63, 3.8) is 0 Å². The Morgan fingerprint density at radius 2 is 2.00 bits per heavy atom. The Hall–Kier alpha value is 0. The molecule has 3 nitrogen and oxygen atoms in total. The van der Waals surface area contributed by atoms with Crippen LogP contribution in [0.4, 0.5) is 0 Å². The lowest BCUT2D eigenvalue weighted by Crippen LogP contribution is -2.40. The molecule has 4 heteroatoms. The predicted octanol–water partition coefficient (Wildman–Crippen LogP) is 2.90. The second-order valence-corrected chi connectivity index (χ2v) is 5.32. The third-order valence-corrected chi connectivity index (χ3v) is 4.00. The molecule has 0 bridgehead atoms. The maximum Gasteiger partial charge on any atom is 0.191 e. The van der Waals surface area contributed by atoms with E-state index in [1.54, 1.807) is 0 Å². The van der Waals surface area contributed by atoms with Gasteiger partial charge in [-0.15, -0.1) is 24.0 Å². The van der Waals surface area contributed by atoms with E-state index in [1.165, 1.54) is 38.5 Å². The van der Waals surface area contributed by atoms with Gasteiger partial charge in [-0.1, -0.05) is 13.3 Å². The molecule has 2 rings (SSSR count). The molecule has 17 heavy (non-hydrogen) atoms. The molecule has 0 aromatic carbocycles. The van der Waals surface area contributed by atoms with Crippen molar-refractivity contribution in [2.24, 2.45) is 10.4 Å². The van der Waals surface area contributed by atoms with Crippen LogP contribution in [-0.2, 0) is 0 Å². The maximum atomic E-state index is 4.75. The molecule has 0 spiro atoms. The quantitative estimate of drug-likeness (QED) is 0.454. The first-order valence-corrected chi connectivity index (χ1v) is 6.83. The fraction of sp³-hybridized carbons (Fsp3) is 0.923. The molecule has 0 saturated heterocycles. The molecule has 2 N–H and O–H groups in total. The molecule has 0 amide bonds. The van der Waals surface area contributed by atoms with Crippen molar-refractivity contribution < 1.29 is 0 Å². The number of halogens is 1. The minimum atomic E-state index is 0. The standard InChI is InChI=1S/C13H25N3.HI/c1-3-13(8-5-9-13)10-15-12(14-4-2)16-11-6-7-11;/h11H,3-10H2,1-2H3,(H2,14,15,16);1H. The molecule has 0 aromatic heterocycles. The Kier molecular flexibility index (Phi) is 6.03. The van der Waals surface area contributed by atoms with E-state index in [0.29, 0.717) is 11.5 Å². The van der Waals surface area contributed by atoms with Crippen LogP contribution in [0.3, 0.4) is 0 Å². The summed E-state index contributed by atoms with van der Waals surface area (Å²) >= 11 is 0. The zero-order valence-electron chi connectivity index (χ0n) is 11.1. The number of guanidine groups is 1. The van der Waals surface area contributed by atoms with Gasteiger partial charge < -0.3 is 10.6 Å². The van der Waals surface area contributed by atoms with Crippen LogP contribution in [-0.4, -0.2) is 25.1 Å². The lowest BCUT2D eigenvalue weighted by molar-refractivity contribution is 0.139. The van der Waals surface area contributed by atoms with Crippen LogP contribution >= 0.6 is 24.0 Å². The highest BCUT2D eigenvalue weighted by atomic mass is 127. The summed E-state index contributed by atoms with van der Waals surface area (Å²) in [6.07, 6.45) is 8.04. The fourth-order valence-corrected chi connectivity index (χ4v) is 2.29. The van der Waals surface area contributed by atoms with Crippen molar-refractivity contribution >= 4 is 29.9 Å². The van der Waals surface area contributed by atoms with Crippen molar-refractivity contribution in [1.29, 1.82) is 0 Å². The van der Waals surface area contributed by atoms with E-state index in [0.717, 1.165) is 19.0 Å². The normalized spacial score (nSPS) is 22.4. The Morgan fingerprint density at radius 1 is 1.29 bits per heavy atom. The van der Waals surface area contributed by atoms with Gasteiger partial charge in [-0.25, -0.2) is 0 Å². The van der Waals surface area contributed by atoms with Crippen molar-refractivity contribution in [3.05, 3.63) is 0 Å². The van der Waals surface area contributed by atoms with Gasteiger partial charge in [0, 0.05) is 19.1 Å². The van der Waals surface area contributed by atoms with Crippen LogP contribution in [0.15, 0.2) is 4.99 Å². The first-order chi connectivity index (χ1) is 7.78. The van der Waals surface area contributed by atoms with Crippen molar-refractivity contribution in [1.82, 2.24) is 10.6 Å². The Morgan fingerprint density at radius 3 is 2.41 bits per heavy atom. The summed E-state index contributed by atoms with van der Waals surface area (Å²) in [5.41, 5.74) is 0.534. The van der Waals surface area contributed by atoms with E-state index < -0.39 is 0 Å². The summed E-state index contributed by atoms with van der Waals surface area (Å²) in [4.78, 5) is 4.75.